The van der Waals surface area contributed by atoms with Crippen LogP contribution in [0.1, 0.15) is 23.0 Å². The van der Waals surface area contributed by atoms with E-state index in [1.165, 1.54) is 7.11 Å². The van der Waals surface area contributed by atoms with Crippen LogP contribution in [0.2, 0.25) is 0 Å². The van der Waals surface area contributed by atoms with Gasteiger partial charge in [-0.05, 0) is 43.7 Å². The molecule has 0 aliphatic heterocycles. The van der Waals surface area contributed by atoms with E-state index < -0.39 is 11.5 Å². The average Bonchev–Trinajstić information content (AvgIpc) is 2.61. The molecule has 3 aromatic rings. The maximum Gasteiger partial charge on any atom is 0.282 e. The van der Waals surface area contributed by atoms with Crippen molar-refractivity contribution in [3.8, 4) is 5.75 Å². The van der Waals surface area contributed by atoms with Crippen molar-refractivity contribution in [1.29, 1.82) is 0 Å². The van der Waals surface area contributed by atoms with Crippen LogP contribution in [0.5, 0.6) is 5.75 Å². The van der Waals surface area contributed by atoms with Crippen LogP contribution < -0.4 is 15.6 Å². The molecule has 1 amide bonds. The van der Waals surface area contributed by atoms with Crippen molar-refractivity contribution in [3.63, 3.8) is 0 Å². The third-order valence-electron chi connectivity index (χ3n) is 3.99. The Hall–Kier alpha value is -3.15. The molecule has 3 rings (SSSR count). The first-order valence-electron chi connectivity index (χ1n) is 8.00. The highest BCUT2D eigenvalue weighted by atomic mass is 16.5. The third-order valence-corrected chi connectivity index (χ3v) is 3.99. The van der Waals surface area contributed by atoms with Crippen LogP contribution >= 0.6 is 0 Å². The molecule has 6 heteroatoms. The molecule has 2 aromatic carbocycles. The Kier molecular flexibility index (Phi) is 4.52. The number of rotatable bonds is 4. The third kappa shape index (κ3) is 3.10. The zero-order valence-electron chi connectivity index (χ0n) is 14.4. The summed E-state index contributed by atoms with van der Waals surface area (Å²) in [5.74, 6) is -0.0302. The number of carbonyl (C=O) groups excluding carboxylic acids is 1. The summed E-state index contributed by atoms with van der Waals surface area (Å²) in [4.78, 5) is 29.6. The van der Waals surface area contributed by atoms with E-state index in [4.69, 9.17) is 4.74 Å². The number of ether oxygens (including phenoxy) is 1. The van der Waals surface area contributed by atoms with E-state index in [1.807, 2.05) is 38.1 Å². The van der Waals surface area contributed by atoms with Crippen LogP contribution in [0, 0.1) is 6.92 Å². The molecule has 0 saturated heterocycles. The lowest BCUT2D eigenvalue weighted by atomic mass is 10.2. The molecule has 25 heavy (non-hydrogen) atoms. The minimum absolute atomic E-state index is 0.135. The Morgan fingerprint density at radius 3 is 2.72 bits per heavy atom. The fraction of sp³-hybridized carbons (Fsp3) is 0.211. The van der Waals surface area contributed by atoms with Gasteiger partial charge in [-0.2, -0.15) is 0 Å². The molecule has 1 aromatic heterocycles. The number of benzene rings is 2. The maximum absolute atomic E-state index is 12.7. The number of para-hydroxylation sites is 2. The predicted octanol–water partition coefficient (Wildman–Crippen LogP) is 2.99. The van der Waals surface area contributed by atoms with Crippen LogP contribution in [0.4, 0.5) is 5.69 Å². The van der Waals surface area contributed by atoms with Crippen LogP contribution in [-0.2, 0) is 6.54 Å². The van der Waals surface area contributed by atoms with Gasteiger partial charge in [-0.3, -0.25) is 9.59 Å². The molecule has 0 aliphatic carbocycles. The van der Waals surface area contributed by atoms with E-state index in [2.05, 4.69) is 10.3 Å². The predicted molar refractivity (Wildman–Crippen MR) is 97.4 cm³/mol. The smallest absolute Gasteiger partial charge is 0.282 e. The SMILES string of the molecule is CCn1c(=O)c(C(=O)Nc2cc(C)ccc2OC)nc2ccccc21. The Morgan fingerprint density at radius 1 is 1.24 bits per heavy atom. The largest absolute Gasteiger partial charge is 0.495 e. The highest BCUT2D eigenvalue weighted by Gasteiger charge is 2.18. The Morgan fingerprint density at radius 2 is 2.00 bits per heavy atom. The molecule has 0 aliphatic rings. The number of nitrogens with one attached hydrogen (secondary N) is 1. The number of methoxy groups -OCH3 is 1. The number of hydrogen-bond acceptors (Lipinski definition) is 4. The number of carbonyl (C=O) groups is 1. The monoisotopic (exact) mass is 337 g/mol. The molecular formula is C19H19N3O3. The normalized spacial score (nSPS) is 10.7. The molecule has 0 fully saturated rings. The topological polar surface area (TPSA) is 73.2 Å². The van der Waals surface area contributed by atoms with Gasteiger partial charge >= 0.3 is 0 Å². The first-order valence-corrected chi connectivity index (χ1v) is 8.00. The van der Waals surface area contributed by atoms with Gasteiger partial charge in [-0.15, -0.1) is 0 Å². The van der Waals surface area contributed by atoms with Crippen molar-refractivity contribution in [2.75, 3.05) is 12.4 Å². The molecule has 0 saturated carbocycles. The van der Waals surface area contributed by atoms with Crippen molar-refractivity contribution in [3.05, 3.63) is 64.1 Å². The Balaban J connectivity index is 2.08. The molecule has 0 atom stereocenters. The Bertz CT molecular complexity index is 1010. The first kappa shape index (κ1) is 16.7. The molecule has 0 bridgehead atoms. The van der Waals surface area contributed by atoms with Gasteiger partial charge < -0.3 is 14.6 Å². The minimum Gasteiger partial charge on any atom is -0.495 e. The zero-order chi connectivity index (χ0) is 18.0. The standard InChI is InChI=1S/C19H19N3O3/c1-4-22-15-8-6-5-7-13(15)20-17(19(22)24)18(23)21-14-11-12(2)9-10-16(14)25-3/h5-11H,4H2,1-3H3,(H,21,23). The summed E-state index contributed by atoms with van der Waals surface area (Å²) in [7, 11) is 1.53. The molecule has 1 heterocycles. The number of amides is 1. The summed E-state index contributed by atoms with van der Waals surface area (Å²) in [6.45, 7) is 4.22. The van der Waals surface area contributed by atoms with Gasteiger partial charge in [-0.1, -0.05) is 18.2 Å². The van der Waals surface area contributed by atoms with Gasteiger partial charge in [-0.25, -0.2) is 4.98 Å². The molecule has 128 valence electrons. The lowest BCUT2D eigenvalue weighted by Gasteiger charge is -2.12. The van der Waals surface area contributed by atoms with Crippen molar-refractivity contribution in [2.24, 2.45) is 0 Å². The second kappa shape index (κ2) is 6.76. The van der Waals surface area contributed by atoms with Crippen LogP contribution in [0.3, 0.4) is 0 Å². The number of aromatic nitrogens is 2. The van der Waals surface area contributed by atoms with Gasteiger partial charge in [0.1, 0.15) is 5.75 Å². The van der Waals surface area contributed by atoms with E-state index in [-0.39, 0.29) is 5.69 Å². The van der Waals surface area contributed by atoms with Crippen LogP contribution in [0.25, 0.3) is 11.0 Å². The molecule has 1 N–H and O–H groups in total. The number of nitrogens with zero attached hydrogens (tertiary/aromatic N) is 2. The van der Waals surface area contributed by atoms with Crippen molar-refractivity contribution in [2.45, 2.75) is 20.4 Å². The molecular weight excluding hydrogens is 318 g/mol. The minimum atomic E-state index is -0.554. The van der Waals surface area contributed by atoms with Gasteiger partial charge in [0.25, 0.3) is 11.5 Å². The van der Waals surface area contributed by atoms with Crippen molar-refractivity contribution in [1.82, 2.24) is 9.55 Å². The van der Waals surface area contributed by atoms with Gasteiger partial charge in [0.05, 0.1) is 23.8 Å². The van der Waals surface area contributed by atoms with E-state index in [0.29, 0.717) is 29.0 Å². The van der Waals surface area contributed by atoms with Gasteiger partial charge in [0.2, 0.25) is 0 Å². The number of hydrogen-bond donors (Lipinski definition) is 1. The maximum atomic E-state index is 12.7. The second-order valence-corrected chi connectivity index (χ2v) is 5.66. The summed E-state index contributed by atoms with van der Waals surface area (Å²) in [6.07, 6.45) is 0. The highest BCUT2D eigenvalue weighted by molar-refractivity contribution is 6.04. The zero-order valence-corrected chi connectivity index (χ0v) is 14.4. The highest BCUT2D eigenvalue weighted by Crippen LogP contribution is 2.25. The van der Waals surface area contributed by atoms with E-state index >= 15 is 0 Å². The number of fused-ring (bicyclic) bond motifs is 1. The average molecular weight is 337 g/mol. The molecule has 0 unspecified atom stereocenters. The van der Waals surface area contributed by atoms with E-state index in [1.54, 1.807) is 22.8 Å². The number of anilines is 1. The summed E-state index contributed by atoms with van der Waals surface area (Å²) >= 11 is 0. The molecule has 0 radical (unpaired) electrons. The van der Waals surface area contributed by atoms with Crippen LogP contribution in [-0.4, -0.2) is 22.6 Å². The van der Waals surface area contributed by atoms with Gasteiger partial charge in [0, 0.05) is 6.54 Å². The first-order chi connectivity index (χ1) is 12.0. The Labute approximate surface area is 145 Å². The van der Waals surface area contributed by atoms with E-state index in [9.17, 15) is 9.59 Å². The molecule has 0 spiro atoms. The summed E-state index contributed by atoms with van der Waals surface area (Å²) in [6, 6.07) is 12.7. The van der Waals surface area contributed by atoms with Crippen molar-refractivity contribution < 1.29 is 9.53 Å². The van der Waals surface area contributed by atoms with E-state index in [0.717, 1.165) is 5.56 Å². The molecule has 6 nitrogen and oxygen atoms in total. The van der Waals surface area contributed by atoms with Gasteiger partial charge in [0.15, 0.2) is 5.69 Å². The fourth-order valence-corrected chi connectivity index (χ4v) is 2.76. The summed E-state index contributed by atoms with van der Waals surface area (Å²) in [5, 5.41) is 2.74. The second-order valence-electron chi connectivity index (χ2n) is 5.66. The lowest BCUT2D eigenvalue weighted by molar-refractivity contribution is 0.102. The van der Waals surface area contributed by atoms with Crippen molar-refractivity contribution >= 4 is 22.6 Å². The quantitative estimate of drug-likeness (QED) is 0.794. The fourth-order valence-electron chi connectivity index (χ4n) is 2.76. The number of aryl methyl sites for hydroxylation is 2. The van der Waals surface area contributed by atoms with Crippen LogP contribution in [0.15, 0.2) is 47.3 Å². The summed E-state index contributed by atoms with van der Waals surface area (Å²) in [5.41, 5.74) is 2.23. The lowest BCUT2D eigenvalue weighted by Crippen LogP contribution is -2.31. The summed E-state index contributed by atoms with van der Waals surface area (Å²) < 4.78 is 6.81.